The molecule has 2 bridgehead atoms. The fourth-order valence-electron chi connectivity index (χ4n) is 4.38. The molecule has 16 heavy (non-hydrogen) atoms. The highest BCUT2D eigenvalue weighted by Crippen LogP contribution is 2.48. The third kappa shape index (κ3) is 2.01. The smallest absolute Gasteiger partial charge is 0.0406 e. The normalized spacial score (nSPS) is 40.7. The van der Waals surface area contributed by atoms with Crippen LogP contribution in [0.4, 0.5) is 0 Å². The predicted octanol–water partition coefficient (Wildman–Crippen LogP) is 3.56. The van der Waals surface area contributed by atoms with Crippen molar-refractivity contribution in [3.05, 3.63) is 0 Å². The van der Waals surface area contributed by atoms with E-state index in [1.165, 1.54) is 57.9 Å². The summed E-state index contributed by atoms with van der Waals surface area (Å²) in [6.07, 6.45) is 11.4. The zero-order valence-electron chi connectivity index (χ0n) is 10.2. The molecule has 3 fully saturated rings. The summed E-state index contributed by atoms with van der Waals surface area (Å²) in [5.41, 5.74) is 0.309. The van der Waals surface area contributed by atoms with E-state index in [0.717, 1.165) is 23.6 Å². The van der Waals surface area contributed by atoms with Crippen molar-refractivity contribution in [2.24, 2.45) is 17.8 Å². The lowest BCUT2D eigenvalue weighted by molar-refractivity contribution is 0.271. The number of fused-ring (bicyclic) bond motifs is 2. The quantitative estimate of drug-likeness (QED) is 0.743. The van der Waals surface area contributed by atoms with Gasteiger partial charge in [0.25, 0.3) is 0 Å². The molecule has 1 N–H and O–H groups in total. The Balaban J connectivity index is 1.52. The van der Waals surface area contributed by atoms with E-state index in [0.29, 0.717) is 5.54 Å². The van der Waals surface area contributed by atoms with E-state index in [1.807, 2.05) is 0 Å². The van der Waals surface area contributed by atoms with Gasteiger partial charge in [-0.25, -0.2) is 0 Å². The van der Waals surface area contributed by atoms with Gasteiger partial charge in [-0.1, -0.05) is 19.3 Å². The van der Waals surface area contributed by atoms with Crippen LogP contribution in [0, 0.1) is 17.8 Å². The molecule has 0 aromatic rings. The molecule has 92 valence electrons. The van der Waals surface area contributed by atoms with Crippen molar-refractivity contribution in [1.82, 2.24) is 5.32 Å². The first-order chi connectivity index (χ1) is 7.81. The molecule has 1 nitrogen and oxygen atoms in total. The monoisotopic (exact) mass is 241 g/mol. The Morgan fingerprint density at radius 1 is 1.12 bits per heavy atom. The first-order valence-corrected chi connectivity index (χ1v) is 7.66. The molecule has 3 aliphatic rings. The van der Waals surface area contributed by atoms with Crippen LogP contribution in [0.25, 0.3) is 0 Å². The summed E-state index contributed by atoms with van der Waals surface area (Å²) < 4.78 is 0. The molecule has 2 heteroatoms. The minimum absolute atomic E-state index is 0.309. The van der Waals surface area contributed by atoms with E-state index in [1.54, 1.807) is 0 Å². The summed E-state index contributed by atoms with van der Waals surface area (Å²) in [7, 11) is 0. The van der Waals surface area contributed by atoms with Crippen molar-refractivity contribution < 1.29 is 0 Å². The van der Waals surface area contributed by atoms with Gasteiger partial charge in [0.1, 0.15) is 0 Å². The standard InChI is InChI=1S/C14H24ClN/c15-10-14(5-1-2-6-14)16-9-13-8-11-3-4-12(13)7-11/h11-13,16H,1-10H2. The minimum atomic E-state index is 0.309. The molecular weight excluding hydrogens is 218 g/mol. The highest BCUT2D eigenvalue weighted by molar-refractivity contribution is 6.18. The average Bonchev–Trinajstić information content (AvgIpc) is 3.03. The molecule has 0 amide bonds. The Morgan fingerprint density at radius 2 is 1.94 bits per heavy atom. The van der Waals surface area contributed by atoms with Gasteiger partial charge in [0.2, 0.25) is 0 Å². The van der Waals surface area contributed by atoms with Crippen LogP contribution in [0.2, 0.25) is 0 Å². The van der Waals surface area contributed by atoms with E-state index >= 15 is 0 Å². The maximum absolute atomic E-state index is 6.17. The lowest BCUT2D eigenvalue weighted by Crippen LogP contribution is -2.47. The van der Waals surface area contributed by atoms with Gasteiger partial charge in [0.15, 0.2) is 0 Å². The molecule has 0 heterocycles. The van der Waals surface area contributed by atoms with Crippen LogP contribution in [0.5, 0.6) is 0 Å². The first kappa shape index (κ1) is 11.3. The number of alkyl halides is 1. The highest BCUT2D eigenvalue weighted by Gasteiger charge is 2.41. The predicted molar refractivity (Wildman–Crippen MR) is 68.9 cm³/mol. The third-order valence-electron chi connectivity index (χ3n) is 5.44. The van der Waals surface area contributed by atoms with Crippen LogP contribution < -0.4 is 5.32 Å². The topological polar surface area (TPSA) is 12.0 Å². The Morgan fingerprint density at radius 3 is 2.50 bits per heavy atom. The van der Waals surface area contributed by atoms with Crippen LogP contribution in [0.1, 0.15) is 51.4 Å². The van der Waals surface area contributed by atoms with Gasteiger partial charge in [-0.15, -0.1) is 11.6 Å². The third-order valence-corrected chi connectivity index (χ3v) is 5.95. The second-order valence-electron chi connectivity index (χ2n) is 6.44. The molecule has 3 aliphatic carbocycles. The van der Waals surface area contributed by atoms with Crippen molar-refractivity contribution >= 4 is 11.6 Å². The summed E-state index contributed by atoms with van der Waals surface area (Å²) in [6.45, 7) is 1.24. The summed E-state index contributed by atoms with van der Waals surface area (Å²) in [5, 5.41) is 3.84. The first-order valence-electron chi connectivity index (χ1n) is 7.12. The molecule has 0 aromatic heterocycles. The summed E-state index contributed by atoms with van der Waals surface area (Å²) >= 11 is 6.17. The zero-order valence-corrected chi connectivity index (χ0v) is 10.9. The molecule has 3 unspecified atom stereocenters. The summed E-state index contributed by atoms with van der Waals surface area (Å²) in [6, 6.07) is 0. The molecule has 0 aromatic carbocycles. The largest absolute Gasteiger partial charge is 0.310 e. The van der Waals surface area contributed by atoms with Crippen LogP contribution in [0.15, 0.2) is 0 Å². The Labute approximate surface area is 104 Å². The van der Waals surface area contributed by atoms with E-state index in [9.17, 15) is 0 Å². The van der Waals surface area contributed by atoms with Gasteiger partial charge >= 0.3 is 0 Å². The molecule has 0 radical (unpaired) electrons. The van der Waals surface area contributed by atoms with Crippen molar-refractivity contribution in [1.29, 1.82) is 0 Å². The SMILES string of the molecule is ClCC1(NCC2CC3CCC2C3)CCCC1. The second-order valence-corrected chi connectivity index (χ2v) is 6.70. The molecule has 3 atom stereocenters. The summed E-state index contributed by atoms with van der Waals surface area (Å²) in [4.78, 5) is 0. The molecular formula is C14H24ClN. The van der Waals surface area contributed by atoms with E-state index in [-0.39, 0.29) is 0 Å². The van der Waals surface area contributed by atoms with Crippen LogP contribution >= 0.6 is 11.6 Å². The maximum atomic E-state index is 6.17. The molecule has 3 rings (SSSR count). The average molecular weight is 242 g/mol. The van der Waals surface area contributed by atoms with Gasteiger partial charge in [0.05, 0.1) is 0 Å². The van der Waals surface area contributed by atoms with Crippen LogP contribution in [0.3, 0.4) is 0 Å². The van der Waals surface area contributed by atoms with Gasteiger partial charge in [-0.3, -0.25) is 0 Å². The minimum Gasteiger partial charge on any atom is -0.310 e. The van der Waals surface area contributed by atoms with Crippen molar-refractivity contribution in [3.8, 4) is 0 Å². The van der Waals surface area contributed by atoms with Crippen molar-refractivity contribution in [2.75, 3.05) is 12.4 Å². The number of halogens is 1. The second kappa shape index (κ2) is 4.49. The van der Waals surface area contributed by atoms with Crippen molar-refractivity contribution in [2.45, 2.75) is 56.9 Å². The number of hydrogen-bond donors (Lipinski definition) is 1. The lowest BCUT2D eigenvalue weighted by Gasteiger charge is -2.32. The Kier molecular flexibility index (Phi) is 3.19. The van der Waals surface area contributed by atoms with E-state index < -0.39 is 0 Å². The highest BCUT2D eigenvalue weighted by atomic mass is 35.5. The molecule has 0 aliphatic heterocycles. The van der Waals surface area contributed by atoms with E-state index in [4.69, 9.17) is 11.6 Å². The Hall–Kier alpha value is 0.250. The van der Waals surface area contributed by atoms with E-state index in [2.05, 4.69) is 5.32 Å². The van der Waals surface area contributed by atoms with Gasteiger partial charge in [-0.2, -0.15) is 0 Å². The fourth-order valence-corrected chi connectivity index (χ4v) is 4.75. The maximum Gasteiger partial charge on any atom is 0.0406 e. The Bertz CT molecular complexity index is 247. The zero-order chi connectivity index (χ0) is 11.0. The number of hydrogen-bond acceptors (Lipinski definition) is 1. The number of nitrogens with one attached hydrogen (secondary N) is 1. The van der Waals surface area contributed by atoms with Crippen molar-refractivity contribution in [3.63, 3.8) is 0 Å². The summed E-state index contributed by atoms with van der Waals surface area (Å²) in [5.74, 6) is 3.91. The number of rotatable bonds is 4. The molecule has 3 saturated carbocycles. The molecule has 0 saturated heterocycles. The molecule has 0 spiro atoms. The van der Waals surface area contributed by atoms with Crippen LogP contribution in [-0.4, -0.2) is 18.0 Å². The van der Waals surface area contributed by atoms with Gasteiger partial charge in [0, 0.05) is 11.4 Å². The lowest BCUT2D eigenvalue weighted by atomic mass is 9.88. The fraction of sp³-hybridized carbons (Fsp3) is 1.00. The van der Waals surface area contributed by atoms with Crippen LogP contribution in [-0.2, 0) is 0 Å². The van der Waals surface area contributed by atoms with Gasteiger partial charge in [-0.05, 0) is 56.4 Å². The van der Waals surface area contributed by atoms with Gasteiger partial charge < -0.3 is 5.32 Å².